The molecule has 2 saturated heterocycles. The van der Waals surface area contributed by atoms with Crippen LogP contribution in [-0.2, 0) is 15.6 Å². The second-order valence-electron chi connectivity index (χ2n) is 4.63. The molecule has 0 saturated carbocycles. The summed E-state index contributed by atoms with van der Waals surface area (Å²) in [5, 5.41) is 6.35. The molecule has 5 heteroatoms. The number of carbonyl (C=O) groups is 1. The zero-order chi connectivity index (χ0) is 11.4. The summed E-state index contributed by atoms with van der Waals surface area (Å²) in [6, 6.07) is 0.352. The van der Waals surface area contributed by atoms with Gasteiger partial charge in [-0.3, -0.25) is 9.00 Å². The summed E-state index contributed by atoms with van der Waals surface area (Å²) in [5.41, 5.74) is 0. The fourth-order valence-corrected chi connectivity index (χ4v) is 3.64. The second-order valence-corrected chi connectivity index (χ2v) is 6.32. The molecule has 16 heavy (non-hydrogen) atoms. The summed E-state index contributed by atoms with van der Waals surface area (Å²) in [6.45, 7) is 0.811. The molecule has 0 aliphatic carbocycles. The maximum atomic E-state index is 11.7. The van der Waals surface area contributed by atoms with E-state index in [1.165, 1.54) is 0 Å². The van der Waals surface area contributed by atoms with Gasteiger partial charge in [0.05, 0.1) is 6.04 Å². The Bertz CT molecular complexity index is 273. The van der Waals surface area contributed by atoms with Gasteiger partial charge in [0.1, 0.15) is 0 Å². The third-order valence-electron chi connectivity index (χ3n) is 3.36. The Labute approximate surface area is 99.0 Å². The van der Waals surface area contributed by atoms with Crippen molar-refractivity contribution in [1.29, 1.82) is 0 Å². The summed E-state index contributed by atoms with van der Waals surface area (Å²) in [7, 11) is -0.620. The average Bonchev–Trinajstić information content (AvgIpc) is 2.48. The topological polar surface area (TPSA) is 58.2 Å². The largest absolute Gasteiger partial charge is 0.355 e. The van der Waals surface area contributed by atoms with Crippen molar-refractivity contribution in [3.05, 3.63) is 0 Å². The highest BCUT2D eigenvalue weighted by atomic mass is 32.2. The molecule has 1 amide bonds. The maximum absolute atomic E-state index is 11.7. The van der Waals surface area contributed by atoms with E-state index in [4.69, 9.17) is 0 Å². The Morgan fingerprint density at radius 1 is 1.19 bits per heavy atom. The molecule has 0 aromatic rings. The molecule has 4 nitrogen and oxygen atoms in total. The van der Waals surface area contributed by atoms with Crippen LogP contribution in [0.4, 0.5) is 0 Å². The van der Waals surface area contributed by atoms with Gasteiger partial charge in [0.15, 0.2) is 0 Å². The smallest absolute Gasteiger partial charge is 0.237 e. The second kappa shape index (κ2) is 5.77. The molecule has 2 heterocycles. The summed E-state index contributed by atoms with van der Waals surface area (Å²) >= 11 is 0. The van der Waals surface area contributed by atoms with Gasteiger partial charge in [-0.05, 0) is 32.1 Å². The Morgan fingerprint density at radius 3 is 2.69 bits per heavy atom. The number of amides is 1. The lowest BCUT2D eigenvalue weighted by Gasteiger charge is -2.26. The highest BCUT2D eigenvalue weighted by Crippen LogP contribution is 2.13. The van der Waals surface area contributed by atoms with Crippen LogP contribution < -0.4 is 10.6 Å². The molecule has 0 aromatic heterocycles. The number of hydrogen-bond donors (Lipinski definition) is 2. The van der Waals surface area contributed by atoms with Gasteiger partial charge in [-0.2, -0.15) is 0 Å². The highest BCUT2D eigenvalue weighted by Gasteiger charge is 2.25. The summed E-state index contributed by atoms with van der Waals surface area (Å²) < 4.78 is 11.2. The van der Waals surface area contributed by atoms with E-state index >= 15 is 0 Å². The van der Waals surface area contributed by atoms with Gasteiger partial charge in [0, 0.05) is 34.9 Å². The van der Waals surface area contributed by atoms with Gasteiger partial charge >= 0.3 is 0 Å². The van der Waals surface area contributed by atoms with Crippen LogP contribution in [0.2, 0.25) is 0 Å². The van der Waals surface area contributed by atoms with E-state index < -0.39 is 10.8 Å². The first-order chi connectivity index (χ1) is 7.75. The van der Waals surface area contributed by atoms with E-state index in [-0.39, 0.29) is 11.9 Å². The third kappa shape index (κ3) is 3.28. The summed E-state index contributed by atoms with van der Waals surface area (Å²) in [4.78, 5) is 11.7. The van der Waals surface area contributed by atoms with Crippen LogP contribution in [0.25, 0.3) is 0 Å². The third-order valence-corrected chi connectivity index (χ3v) is 4.74. The van der Waals surface area contributed by atoms with Crippen molar-refractivity contribution in [2.75, 3.05) is 18.1 Å². The Hall–Kier alpha value is -0.420. The van der Waals surface area contributed by atoms with E-state index in [9.17, 15) is 9.00 Å². The number of nitrogens with one attached hydrogen (secondary N) is 2. The normalized spacial score (nSPS) is 36.5. The van der Waals surface area contributed by atoms with Crippen LogP contribution in [0.5, 0.6) is 0 Å². The molecule has 2 aliphatic heterocycles. The maximum Gasteiger partial charge on any atom is 0.237 e. The van der Waals surface area contributed by atoms with Crippen LogP contribution in [0.15, 0.2) is 0 Å². The van der Waals surface area contributed by atoms with E-state index in [0.717, 1.165) is 50.2 Å². The van der Waals surface area contributed by atoms with Crippen LogP contribution in [0.1, 0.15) is 32.1 Å². The predicted octanol–water partition coefficient (Wildman–Crippen LogP) is 0.156. The van der Waals surface area contributed by atoms with E-state index in [1.54, 1.807) is 0 Å². The molecule has 2 N–H and O–H groups in total. The lowest BCUT2D eigenvalue weighted by atomic mass is 10.1. The molecule has 0 spiro atoms. The van der Waals surface area contributed by atoms with Crippen LogP contribution in [-0.4, -0.2) is 40.3 Å². The average molecular weight is 244 g/mol. The monoisotopic (exact) mass is 244 g/mol. The number of carbonyl (C=O) groups excluding carboxylic acids is 1. The van der Waals surface area contributed by atoms with Gasteiger partial charge in [-0.1, -0.05) is 0 Å². The molecule has 0 radical (unpaired) electrons. The first kappa shape index (κ1) is 12.0. The highest BCUT2D eigenvalue weighted by molar-refractivity contribution is 7.85. The Morgan fingerprint density at radius 2 is 1.94 bits per heavy atom. The minimum atomic E-state index is -0.620. The first-order valence-electron chi connectivity index (χ1n) is 6.14. The van der Waals surface area contributed by atoms with Gasteiger partial charge in [0.25, 0.3) is 0 Å². The van der Waals surface area contributed by atoms with Gasteiger partial charge < -0.3 is 10.6 Å². The minimum absolute atomic E-state index is 0.0287. The quantitative estimate of drug-likeness (QED) is 0.727. The number of rotatable bonds is 2. The van der Waals surface area contributed by atoms with Crippen molar-refractivity contribution in [3.8, 4) is 0 Å². The molecule has 92 valence electrons. The molecule has 1 atom stereocenters. The summed E-state index contributed by atoms with van der Waals surface area (Å²) in [5.74, 6) is 1.71. The molecule has 2 aliphatic rings. The van der Waals surface area contributed by atoms with Crippen LogP contribution in [0.3, 0.4) is 0 Å². The van der Waals surface area contributed by atoms with Crippen LogP contribution in [0, 0.1) is 0 Å². The van der Waals surface area contributed by atoms with Crippen molar-refractivity contribution < 1.29 is 9.00 Å². The first-order valence-corrected chi connectivity index (χ1v) is 7.63. The van der Waals surface area contributed by atoms with Crippen LogP contribution >= 0.6 is 0 Å². The van der Waals surface area contributed by atoms with Gasteiger partial charge in [-0.15, -0.1) is 0 Å². The zero-order valence-electron chi connectivity index (χ0n) is 9.54. The molecule has 2 fully saturated rings. The van der Waals surface area contributed by atoms with Crippen molar-refractivity contribution in [3.63, 3.8) is 0 Å². The Balaban J connectivity index is 1.83. The van der Waals surface area contributed by atoms with Crippen molar-refractivity contribution in [2.45, 2.75) is 44.2 Å². The molecule has 2 rings (SSSR count). The van der Waals surface area contributed by atoms with E-state index in [0.29, 0.717) is 6.04 Å². The van der Waals surface area contributed by atoms with Gasteiger partial charge in [0.2, 0.25) is 5.91 Å². The van der Waals surface area contributed by atoms with E-state index in [1.807, 2.05) is 0 Å². The van der Waals surface area contributed by atoms with Crippen molar-refractivity contribution >= 4 is 16.7 Å². The SMILES string of the molecule is O=C1NCCCCC1NC1CCS(=O)CC1. The van der Waals surface area contributed by atoms with Gasteiger partial charge in [-0.25, -0.2) is 0 Å². The predicted molar refractivity (Wildman–Crippen MR) is 64.7 cm³/mol. The number of hydrogen-bond acceptors (Lipinski definition) is 3. The van der Waals surface area contributed by atoms with E-state index in [2.05, 4.69) is 10.6 Å². The fraction of sp³-hybridized carbons (Fsp3) is 0.909. The molecular formula is C11H20N2O2S. The Kier molecular flexibility index (Phi) is 4.35. The molecule has 0 bridgehead atoms. The zero-order valence-corrected chi connectivity index (χ0v) is 10.4. The lowest BCUT2D eigenvalue weighted by Crippen LogP contribution is -2.49. The standard InChI is InChI=1S/C11H20N2O2S/c14-11-10(3-1-2-6-12-11)13-9-4-7-16(15)8-5-9/h9-10,13H,1-8H2,(H,12,14). The fourth-order valence-electron chi connectivity index (χ4n) is 2.34. The molecule has 0 aromatic carbocycles. The minimum Gasteiger partial charge on any atom is -0.355 e. The van der Waals surface area contributed by atoms with Crippen molar-refractivity contribution in [2.24, 2.45) is 0 Å². The summed E-state index contributed by atoms with van der Waals surface area (Å²) in [6.07, 6.45) is 5.01. The molecule has 1 unspecified atom stereocenters. The van der Waals surface area contributed by atoms with Crippen molar-refractivity contribution in [1.82, 2.24) is 10.6 Å². The molecular weight excluding hydrogens is 224 g/mol. The lowest BCUT2D eigenvalue weighted by molar-refractivity contribution is -0.123.